The number of hydrogen-bond donors (Lipinski definition) is 2. The zero-order valence-corrected chi connectivity index (χ0v) is 20.4. The van der Waals surface area contributed by atoms with Crippen molar-refractivity contribution in [2.75, 3.05) is 33.4 Å². The predicted octanol–water partition coefficient (Wildman–Crippen LogP) is 3.64. The van der Waals surface area contributed by atoms with Crippen LogP contribution in [0.5, 0.6) is 0 Å². The number of nitrogens with zero attached hydrogens (tertiary/aromatic N) is 1. The Labute approximate surface area is 205 Å². The fraction of sp³-hybridized carbons (Fsp3) is 0.444. The van der Waals surface area contributed by atoms with Gasteiger partial charge >= 0.3 is 12.1 Å². The van der Waals surface area contributed by atoms with Gasteiger partial charge in [-0.25, -0.2) is 9.59 Å². The lowest BCUT2D eigenvalue weighted by Gasteiger charge is -2.38. The summed E-state index contributed by atoms with van der Waals surface area (Å²) >= 11 is 0. The zero-order chi connectivity index (χ0) is 25.2. The lowest BCUT2D eigenvalue weighted by molar-refractivity contribution is -0.163. The van der Waals surface area contributed by atoms with Crippen LogP contribution in [0.4, 0.5) is 4.79 Å². The second-order valence-electron chi connectivity index (χ2n) is 9.89. The first kappa shape index (κ1) is 24.7. The smallest absolute Gasteiger partial charge is 0.407 e. The van der Waals surface area contributed by atoms with Gasteiger partial charge in [0.2, 0.25) is 5.91 Å². The number of carbonyl (C=O) groups is 3. The first-order chi connectivity index (χ1) is 16.7. The largest absolute Gasteiger partial charge is 0.479 e. The van der Waals surface area contributed by atoms with Gasteiger partial charge in [0.15, 0.2) is 5.54 Å². The van der Waals surface area contributed by atoms with Crippen molar-refractivity contribution in [2.24, 2.45) is 5.41 Å². The van der Waals surface area contributed by atoms with Crippen molar-refractivity contribution in [3.63, 3.8) is 0 Å². The van der Waals surface area contributed by atoms with Crippen molar-refractivity contribution in [1.82, 2.24) is 10.2 Å². The van der Waals surface area contributed by atoms with Gasteiger partial charge < -0.3 is 24.8 Å². The molecule has 2 amide bonds. The highest BCUT2D eigenvalue weighted by Gasteiger charge is 2.52. The summed E-state index contributed by atoms with van der Waals surface area (Å²) in [6, 6.07) is 16.2. The summed E-state index contributed by atoms with van der Waals surface area (Å²) in [4.78, 5) is 39.3. The van der Waals surface area contributed by atoms with Gasteiger partial charge in [0.25, 0.3) is 0 Å². The van der Waals surface area contributed by atoms with E-state index < -0.39 is 23.0 Å². The zero-order valence-electron chi connectivity index (χ0n) is 20.4. The summed E-state index contributed by atoms with van der Waals surface area (Å²) in [5.74, 6) is -1.48. The number of benzene rings is 2. The number of carbonyl (C=O) groups excluding carboxylic acids is 2. The normalized spacial score (nSPS) is 19.2. The maximum Gasteiger partial charge on any atom is 0.407 e. The number of likely N-dealkylation sites (tertiary alicyclic amines) is 1. The van der Waals surface area contributed by atoms with Crippen LogP contribution in [0.15, 0.2) is 48.5 Å². The minimum atomic E-state index is -1.38. The van der Waals surface area contributed by atoms with Gasteiger partial charge in [-0.1, -0.05) is 48.5 Å². The van der Waals surface area contributed by atoms with E-state index in [1.165, 1.54) is 12.0 Å². The van der Waals surface area contributed by atoms with Crippen LogP contribution in [-0.2, 0) is 19.1 Å². The molecule has 35 heavy (non-hydrogen) atoms. The van der Waals surface area contributed by atoms with E-state index in [1.54, 1.807) is 13.8 Å². The van der Waals surface area contributed by atoms with Gasteiger partial charge in [0.05, 0.1) is 12.0 Å². The van der Waals surface area contributed by atoms with Gasteiger partial charge in [-0.2, -0.15) is 0 Å². The number of aliphatic carboxylic acids is 1. The highest BCUT2D eigenvalue weighted by Crippen LogP contribution is 2.44. The highest BCUT2D eigenvalue weighted by atomic mass is 16.5. The summed E-state index contributed by atoms with van der Waals surface area (Å²) in [6.45, 7) is 3.83. The van der Waals surface area contributed by atoms with Crippen LogP contribution in [-0.4, -0.2) is 66.9 Å². The summed E-state index contributed by atoms with van der Waals surface area (Å²) in [6.07, 6.45) is 0.297. The van der Waals surface area contributed by atoms with Crippen LogP contribution in [0.1, 0.15) is 43.7 Å². The fourth-order valence-corrected chi connectivity index (χ4v) is 5.23. The molecule has 1 heterocycles. The van der Waals surface area contributed by atoms with E-state index in [0.29, 0.717) is 19.4 Å². The molecular weight excluding hydrogens is 448 g/mol. The fourth-order valence-electron chi connectivity index (χ4n) is 5.23. The van der Waals surface area contributed by atoms with Gasteiger partial charge in [-0.15, -0.1) is 0 Å². The minimum absolute atomic E-state index is 0.0156. The number of fused-ring (bicyclic) bond motifs is 3. The van der Waals surface area contributed by atoms with E-state index in [1.807, 2.05) is 36.4 Å². The Morgan fingerprint density at radius 3 is 2.26 bits per heavy atom. The molecule has 1 saturated heterocycles. The van der Waals surface area contributed by atoms with Crippen molar-refractivity contribution in [1.29, 1.82) is 0 Å². The molecule has 1 aliphatic carbocycles. The van der Waals surface area contributed by atoms with Gasteiger partial charge in [0, 0.05) is 26.1 Å². The van der Waals surface area contributed by atoms with Crippen LogP contribution in [0.3, 0.4) is 0 Å². The predicted molar refractivity (Wildman–Crippen MR) is 130 cm³/mol. The number of carboxylic acids is 1. The first-order valence-electron chi connectivity index (χ1n) is 11.8. The Morgan fingerprint density at radius 1 is 1.09 bits per heavy atom. The van der Waals surface area contributed by atoms with Crippen LogP contribution >= 0.6 is 0 Å². The van der Waals surface area contributed by atoms with E-state index in [9.17, 15) is 19.5 Å². The van der Waals surface area contributed by atoms with Gasteiger partial charge in [-0.05, 0) is 48.9 Å². The standard InChI is InChI=1S/C27H32N2O6/c1-26(2,23(30)29-14-8-13-27(29,17-34-3)24(31)32)16-28-25(33)35-15-22-20-11-6-4-9-18(20)19-10-5-7-12-21(19)22/h4-7,9-12,22H,8,13-17H2,1-3H3,(H,28,33)(H,31,32). The Balaban J connectivity index is 1.38. The number of nitrogens with one attached hydrogen (secondary N) is 1. The number of hydrogen-bond acceptors (Lipinski definition) is 5. The van der Waals surface area contributed by atoms with Crippen molar-refractivity contribution in [2.45, 2.75) is 38.1 Å². The third kappa shape index (κ3) is 4.50. The van der Waals surface area contributed by atoms with Crippen molar-refractivity contribution in [3.8, 4) is 11.1 Å². The second-order valence-corrected chi connectivity index (χ2v) is 9.89. The van der Waals surface area contributed by atoms with Gasteiger partial charge in [-0.3, -0.25) is 4.79 Å². The summed E-state index contributed by atoms with van der Waals surface area (Å²) < 4.78 is 10.7. The summed E-state index contributed by atoms with van der Waals surface area (Å²) in [7, 11) is 1.43. The molecule has 1 aliphatic heterocycles. The minimum Gasteiger partial charge on any atom is -0.479 e. The molecule has 0 radical (unpaired) electrons. The molecular formula is C27H32N2O6. The third-order valence-electron chi connectivity index (χ3n) is 7.11. The number of ether oxygens (including phenoxy) is 2. The van der Waals surface area contributed by atoms with Crippen LogP contribution in [0, 0.1) is 5.41 Å². The average Bonchev–Trinajstić information content (AvgIpc) is 3.41. The van der Waals surface area contributed by atoms with E-state index in [-0.39, 0.29) is 31.6 Å². The lowest BCUT2D eigenvalue weighted by atomic mass is 9.88. The topological polar surface area (TPSA) is 105 Å². The van der Waals surface area contributed by atoms with Crippen molar-refractivity contribution >= 4 is 18.0 Å². The maximum atomic E-state index is 13.3. The molecule has 8 heteroatoms. The van der Waals surface area contributed by atoms with Crippen LogP contribution in [0.25, 0.3) is 11.1 Å². The molecule has 8 nitrogen and oxygen atoms in total. The van der Waals surface area contributed by atoms with E-state index in [2.05, 4.69) is 17.4 Å². The van der Waals surface area contributed by atoms with E-state index in [0.717, 1.165) is 22.3 Å². The molecule has 1 unspecified atom stereocenters. The number of methoxy groups -OCH3 is 1. The Morgan fingerprint density at radius 2 is 1.69 bits per heavy atom. The molecule has 2 N–H and O–H groups in total. The Kier molecular flexibility index (Phi) is 6.85. The number of carboxylic acid groups (broad SMARTS) is 1. The quantitative estimate of drug-likeness (QED) is 0.598. The Hall–Kier alpha value is -3.39. The number of amides is 2. The monoisotopic (exact) mass is 480 g/mol. The molecule has 2 aromatic carbocycles. The highest BCUT2D eigenvalue weighted by molar-refractivity contribution is 5.91. The molecule has 2 aromatic rings. The second kappa shape index (κ2) is 9.70. The average molecular weight is 481 g/mol. The molecule has 186 valence electrons. The molecule has 4 rings (SSSR count). The van der Waals surface area contributed by atoms with Crippen LogP contribution < -0.4 is 5.32 Å². The molecule has 0 saturated carbocycles. The molecule has 0 bridgehead atoms. The van der Waals surface area contributed by atoms with E-state index in [4.69, 9.17) is 9.47 Å². The third-order valence-corrected chi connectivity index (χ3v) is 7.11. The number of alkyl carbamates (subject to hydrolysis) is 1. The summed E-state index contributed by atoms with van der Waals surface area (Å²) in [5.41, 5.74) is 2.13. The molecule has 1 atom stereocenters. The molecule has 1 fully saturated rings. The maximum absolute atomic E-state index is 13.3. The molecule has 2 aliphatic rings. The van der Waals surface area contributed by atoms with Gasteiger partial charge in [0.1, 0.15) is 6.61 Å². The molecule has 0 aromatic heterocycles. The first-order valence-corrected chi connectivity index (χ1v) is 11.8. The molecule has 0 spiro atoms. The summed E-state index contributed by atoms with van der Waals surface area (Å²) in [5, 5.41) is 12.5. The lowest BCUT2D eigenvalue weighted by Crippen LogP contribution is -2.60. The van der Waals surface area contributed by atoms with Crippen molar-refractivity contribution in [3.05, 3.63) is 59.7 Å². The van der Waals surface area contributed by atoms with Crippen molar-refractivity contribution < 1.29 is 29.0 Å². The van der Waals surface area contributed by atoms with E-state index >= 15 is 0 Å². The number of rotatable bonds is 8. The Bertz CT molecular complexity index is 1080. The van der Waals surface area contributed by atoms with Crippen LogP contribution in [0.2, 0.25) is 0 Å². The SMILES string of the molecule is COCC1(C(=O)O)CCCN1C(=O)C(C)(C)CNC(=O)OCC1c2ccccc2-c2ccccc21.